The van der Waals surface area contributed by atoms with E-state index in [1.165, 1.54) is 6.20 Å². The second-order valence-electron chi connectivity index (χ2n) is 10.6. The average Bonchev–Trinajstić information content (AvgIpc) is 3.21. The number of nitrogens with two attached hydrogens (primary N) is 1. The number of benzene rings is 1. The Hall–Kier alpha value is -3.53. The van der Waals surface area contributed by atoms with E-state index in [2.05, 4.69) is 19.9 Å². The van der Waals surface area contributed by atoms with E-state index in [-0.39, 0.29) is 62.1 Å². The maximum atomic E-state index is 16.4. The van der Waals surface area contributed by atoms with E-state index in [4.69, 9.17) is 15.2 Å². The van der Waals surface area contributed by atoms with Gasteiger partial charge in [0.15, 0.2) is 11.6 Å². The Bertz CT molecular complexity index is 1700. The zero-order valence-electron chi connectivity index (χ0n) is 20.8. The number of hydrogen-bond donors (Lipinski definition) is 1. The molecule has 1 aliphatic carbocycles. The number of hydrogen-bond acceptors (Lipinski definition) is 9. The molecule has 2 fully saturated rings. The fourth-order valence-corrected chi connectivity index (χ4v) is 6.67. The van der Waals surface area contributed by atoms with E-state index in [0.717, 1.165) is 43.5 Å². The van der Waals surface area contributed by atoms with Crippen LogP contribution in [0.15, 0.2) is 12.4 Å². The Kier molecular flexibility index (Phi) is 5.66. The Balaban J connectivity index is 1.29. The van der Waals surface area contributed by atoms with E-state index in [1.54, 1.807) is 0 Å². The lowest BCUT2D eigenvalue weighted by Gasteiger charge is -2.22. The Morgan fingerprint density at radius 2 is 2.05 bits per heavy atom. The molecule has 8 nitrogen and oxygen atoms in total. The van der Waals surface area contributed by atoms with Crippen molar-refractivity contribution >= 4 is 37.3 Å². The van der Waals surface area contributed by atoms with Gasteiger partial charge in [0, 0.05) is 47.6 Å². The first-order valence-electron chi connectivity index (χ1n) is 12.7. The topological polar surface area (TPSA) is 110 Å². The number of thiophene rings is 1. The highest BCUT2D eigenvalue weighted by atomic mass is 32.1. The number of alkyl halides is 1. The Morgan fingerprint density at radius 3 is 2.79 bits per heavy atom. The van der Waals surface area contributed by atoms with Crippen LogP contribution in [0.2, 0.25) is 0 Å². The first-order chi connectivity index (χ1) is 18.9. The van der Waals surface area contributed by atoms with E-state index < -0.39 is 17.8 Å². The van der Waals surface area contributed by atoms with Crippen molar-refractivity contribution < 1.29 is 22.6 Å². The van der Waals surface area contributed by atoms with Crippen molar-refractivity contribution in [2.45, 2.75) is 38.6 Å². The quantitative estimate of drug-likeness (QED) is 0.361. The summed E-state index contributed by atoms with van der Waals surface area (Å²) in [5.74, 6) is -1.31. The lowest BCUT2D eigenvalue weighted by molar-refractivity contribution is 0.135. The molecule has 39 heavy (non-hydrogen) atoms. The summed E-state index contributed by atoms with van der Waals surface area (Å²) in [6.45, 7) is 2.64. The van der Waals surface area contributed by atoms with E-state index >= 15 is 4.39 Å². The molecule has 0 spiro atoms. The minimum Gasteiger partial charge on any atom is -0.463 e. The maximum absolute atomic E-state index is 16.4. The molecule has 0 radical (unpaired) electrons. The third kappa shape index (κ3) is 3.99. The van der Waals surface area contributed by atoms with E-state index in [0.29, 0.717) is 36.1 Å². The van der Waals surface area contributed by atoms with Gasteiger partial charge in [0.1, 0.15) is 22.8 Å². The second kappa shape index (κ2) is 9.01. The summed E-state index contributed by atoms with van der Waals surface area (Å²) in [7, 11) is 0. The number of nitrogen functional groups attached to an aromatic ring is 1. The molecule has 0 unspecified atom stereocenters. The molecule has 1 saturated heterocycles. The number of rotatable bonds is 6. The molecule has 12 heteroatoms. The normalized spacial score (nSPS) is 20.0. The van der Waals surface area contributed by atoms with E-state index in [1.807, 2.05) is 6.07 Å². The average molecular weight is 553 g/mol. The molecule has 7 rings (SSSR count). The lowest BCUT2D eigenvalue weighted by atomic mass is 9.94. The molecular formula is C27H23F3N6O2S. The highest BCUT2D eigenvalue weighted by Gasteiger charge is 2.46. The summed E-state index contributed by atoms with van der Waals surface area (Å²) >= 11 is 0.927. The number of anilines is 1. The summed E-state index contributed by atoms with van der Waals surface area (Å²) < 4.78 is 56.4. The van der Waals surface area contributed by atoms with Crippen LogP contribution in [0.5, 0.6) is 6.01 Å². The summed E-state index contributed by atoms with van der Waals surface area (Å²) in [4.78, 5) is 15.1. The predicted molar refractivity (Wildman–Crippen MR) is 139 cm³/mol. The number of ether oxygens (including phenoxy) is 2. The zero-order valence-corrected chi connectivity index (χ0v) is 21.6. The molecule has 3 aromatic heterocycles. The predicted octanol–water partition coefficient (Wildman–Crippen LogP) is 4.87. The molecule has 0 bridgehead atoms. The van der Waals surface area contributed by atoms with Gasteiger partial charge >= 0.3 is 6.01 Å². The molecule has 1 saturated carbocycles. The molecule has 1 atom stereocenters. The Morgan fingerprint density at radius 1 is 1.23 bits per heavy atom. The van der Waals surface area contributed by atoms with Gasteiger partial charge in [0.25, 0.3) is 0 Å². The van der Waals surface area contributed by atoms with Gasteiger partial charge in [-0.25, -0.2) is 18.2 Å². The monoisotopic (exact) mass is 552 g/mol. The number of nitriles is 1. The van der Waals surface area contributed by atoms with Gasteiger partial charge in [-0.05, 0) is 30.4 Å². The molecule has 2 N–H and O–H groups in total. The van der Waals surface area contributed by atoms with Crippen LogP contribution in [0.25, 0.3) is 32.2 Å². The van der Waals surface area contributed by atoms with Crippen molar-refractivity contribution in [3.63, 3.8) is 0 Å². The van der Waals surface area contributed by atoms with Crippen molar-refractivity contribution in [2.75, 3.05) is 32.0 Å². The summed E-state index contributed by atoms with van der Waals surface area (Å²) in [5.41, 5.74) is 7.50. The number of aromatic nitrogens is 3. The SMILES string of the molecule is N#Cc1c(N)sc2c(F)cnc(-c3c4c(c5cnc(OCC6(CN7CC[C@@H](F)C7)CC6)nc5c3F)COC4)c12. The number of pyridine rings is 1. The number of nitrogens with zero attached hydrogens (tertiary/aromatic N) is 5. The highest BCUT2D eigenvalue weighted by Crippen LogP contribution is 2.48. The molecule has 200 valence electrons. The molecule has 1 aromatic carbocycles. The van der Waals surface area contributed by atoms with Crippen LogP contribution < -0.4 is 10.5 Å². The molecule has 4 aromatic rings. The summed E-state index contributed by atoms with van der Waals surface area (Å²) in [5, 5.41) is 10.5. The van der Waals surface area contributed by atoms with E-state index in [9.17, 15) is 14.0 Å². The largest absolute Gasteiger partial charge is 0.463 e. The van der Waals surface area contributed by atoms with Crippen molar-refractivity contribution in [1.29, 1.82) is 5.26 Å². The van der Waals surface area contributed by atoms with Crippen molar-refractivity contribution in [1.82, 2.24) is 19.9 Å². The van der Waals surface area contributed by atoms with Gasteiger partial charge in [0.2, 0.25) is 0 Å². The van der Waals surface area contributed by atoms with Crippen LogP contribution in [-0.2, 0) is 18.0 Å². The second-order valence-corrected chi connectivity index (χ2v) is 11.6. The fourth-order valence-electron chi connectivity index (χ4n) is 5.75. The van der Waals surface area contributed by atoms with Crippen LogP contribution in [0.3, 0.4) is 0 Å². The number of likely N-dealkylation sites (tertiary alicyclic amines) is 1. The van der Waals surface area contributed by atoms with Crippen molar-refractivity contribution in [3.05, 3.63) is 40.7 Å². The number of fused-ring (bicyclic) bond motifs is 4. The van der Waals surface area contributed by atoms with Gasteiger partial charge in [-0.3, -0.25) is 9.88 Å². The van der Waals surface area contributed by atoms with Gasteiger partial charge in [0.05, 0.1) is 42.0 Å². The molecule has 2 aliphatic heterocycles. The van der Waals surface area contributed by atoms with Crippen molar-refractivity contribution in [2.24, 2.45) is 5.41 Å². The first-order valence-corrected chi connectivity index (χ1v) is 13.5. The van der Waals surface area contributed by atoms with Crippen LogP contribution in [0.4, 0.5) is 18.2 Å². The molecule has 5 heterocycles. The summed E-state index contributed by atoms with van der Waals surface area (Å²) in [6.07, 6.45) is 4.26. The van der Waals surface area contributed by atoms with Gasteiger partial charge in [-0.2, -0.15) is 10.2 Å². The molecule has 3 aliphatic rings. The van der Waals surface area contributed by atoms with Crippen molar-refractivity contribution in [3.8, 4) is 23.3 Å². The molecule has 0 amide bonds. The lowest BCUT2D eigenvalue weighted by Crippen LogP contribution is -2.32. The summed E-state index contributed by atoms with van der Waals surface area (Å²) in [6, 6.07) is 2.05. The van der Waals surface area contributed by atoms with Crippen LogP contribution in [-0.4, -0.2) is 52.3 Å². The highest BCUT2D eigenvalue weighted by molar-refractivity contribution is 7.23. The smallest absolute Gasteiger partial charge is 0.317 e. The number of halogens is 3. The maximum Gasteiger partial charge on any atom is 0.317 e. The Labute approximate surface area is 225 Å². The van der Waals surface area contributed by atoms with Crippen LogP contribution >= 0.6 is 11.3 Å². The fraction of sp³-hybridized carbons (Fsp3) is 0.407. The third-order valence-electron chi connectivity index (χ3n) is 7.96. The first kappa shape index (κ1) is 24.5. The van der Waals surface area contributed by atoms with Crippen LogP contribution in [0.1, 0.15) is 36.0 Å². The molecular weight excluding hydrogens is 529 g/mol. The zero-order chi connectivity index (χ0) is 26.9. The third-order valence-corrected chi connectivity index (χ3v) is 8.99. The standard InChI is InChI=1S/C27H23F3N6O2S/c28-13-1-4-36(8-13)11-27(2-3-27)12-38-26-34-6-15-16-9-37-10-17(16)19(21(30)22(15)35-26)23-20-14(5-31)25(32)39-24(20)18(29)7-33-23/h6-7,13H,1-4,8-12,32H2/t13-/m1/s1. The van der Waals surface area contributed by atoms with Gasteiger partial charge in [-0.15, -0.1) is 11.3 Å². The minimum absolute atomic E-state index is 0.0323. The minimum atomic E-state index is -0.778. The van der Waals surface area contributed by atoms with Gasteiger partial charge < -0.3 is 15.2 Å². The van der Waals surface area contributed by atoms with Gasteiger partial charge in [-0.1, -0.05) is 0 Å². The van der Waals surface area contributed by atoms with Crippen LogP contribution in [0, 0.1) is 28.4 Å².